The molecule has 0 fully saturated rings. The van der Waals surface area contributed by atoms with E-state index in [-0.39, 0.29) is 17.1 Å². The predicted octanol–water partition coefficient (Wildman–Crippen LogP) is 3.30. The fraction of sp³-hybridized carbons (Fsp3) is 0.571. The Kier molecular flexibility index (Phi) is 5.43. The highest BCUT2D eigenvalue weighted by Gasteiger charge is 2.39. The predicted molar refractivity (Wildman–Crippen MR) is 103 cm³/mol. The highest BCUT2D eigenvalue weighted by molar-refractivity contribution is 5.76. The normalized spacial score (nSPS) is 18.0. The molecule has 0 saturated carbocycles. The van der Waals surface area contributed by atoms with Gasteiger partial charge < -0.3 is 5.32 Å². The summed E-state index contributed by atoms with van der Waals surface area (Å²) in [6.07, 6.45) is 8.85. The first kappa shape index (κ1) is 18.6. The molecule has 0 radical (unpaired) electrons. The molecule has 0 aromatic heterocycles. The largest absolute Gasteiger partial charge is 0.354 e. The van der Waals surface area contributed by atoms with E-state index in [1.165, 1.54) is 11.1 Å². The van der Waals surface area contributed by atoms with Gasteiger partial charge in [-0.05, 0) is 31.4 Å². The third kappa shape index (κ3) is 4.50. The molecule has 0 unspecified atom stereocenters. The van der Waals surface area contributed by atoms with Gasteiger partial charge in [0, 0.05) is 50.9 Å². The maximum absolute atomic E-state index is 12.3. The highest BCUT2D eigenvalue weighted by atomic mass is 16.1. The van der Waals surface area contributed by atoms with Gasteiger partial charge in [-0.3, -0.25) is 9.69 Å². The smallest absolute Gasteiger partial charge is 0.220 e. The molecule has 2 aliphatic rings. The number of hydrogen-bond donors (Lipinski definition) is 1. The number of nitrogens with zero attached hydrogens (tertiary/aromatic N) is 3. The lowest BCUT2D eigenvalue weighted by Crippen LogP contribution is -2.53. The minimum absolute atomic E-state index is 0.0628. The number of amides is 1. The Morgan fingerprint density at radius 2 is 2.04 bits per heavy atom. The van der Waals surface area contributed by atoms with Crippen molar-refractivity contribution in [2.24, 2.45) is 10.2 Å². The van der Waals surface area contributed by atoms with Gasteiger partial charge in [0.25, 0.3) is 0 Å². The number of nitrogens with one attached hydrogen (secondary N) is 1. The molecule has 138 valence electrons. The van der Waals surface area contributed by atoms with Crippen LogP contribution in [0, 0.1) is 12.3 Å². The molecule has 5 heteroatoms. The molecule has 2 heterocycles. The van der Waals surface area contributed by atoms with Crippen LogP contribution in [0.1, 0.15) is 50.7 Å². The summed E-state index contributed by atoms with van der Waals surface area (Å²) in [4.78, 5) is 14.7. The van der Waals surface area contributed by atoms with Crippen molar-refractivity contribution in [1.82, 2.24) is 10.2 Å². The van der Waals surface area contributed by atoms with E-state index in [9.17, 15) is 4.79 Å². The Morgan fingerprint density at radius 1 is 1.31 bits per heavy atom. The average Bonchev–Trinajstić information content (AvgIpc) is 3.43. The minimum Gasteiger partial charge on any atom is -0.354 e. The molecule has 26 heavy (non-hydrogen) atoms. The number of hydrogen-bond acceptors (Lipinski definition) is 4. The summed E-state index contributed by atoms with van der Waals surface area (Å²) >= 11 is 0. The van der Waals surface area contributed by atoms with E-state index < -0.39 is 0 Å². The molecule has 0 bridgehead atoms. The molecule has 2 aliphatic heterocycles. The Balaban J connectivity index is 1.45. The molecular formula is C21H28N4O. The standard InChI is InChI=1S/C21H28N4O/c1-4-5-12-21(23-24-21)13-10-19(26)22-16-20(2,3)25-14-11-17-8-6-7-9-18(17)15-25/h1,6-9H,5,10-16H2,2-3H3,(H,22,26). The molecule has 5 nitrogen and oxygen atoms in total. The first-order chi connectivity index (χ1) is 12.4. The van der Waals surface area contributed by atoms with Crippen LogP contribution in [0.3, 0.4) is 0 Å². The SMILES string of the molecule is C#CCCC1(CCC(=O)NCC(C)(C)N2CCc3ccccc3C2)N=N1. The average molecular weight is 352 g/mol. The van der Waals surface area contributed by atoms with Gasteiger partial charge in [-0.15, -0.1) is 12.3 Å². The van der Waals surface area contributed by atoms with Gasteiger partial charge in [-0.2, -0.15) is 10.2 Å². The number of fused-ring (bicyclic) bond motifs is 1. The molecule has 0 atom stereocenters. The van der Waals surface area contributed by atoms with Crippen LogP contribution in [-0.2, 0) is 17.8 Å². The molecule has 1 aromatic carbocycles. The van der Waals surface area contributed by atoms with Crippen LogP contribution in [0.25, 0.3) is 0 Å². The number of rotatable bonds is 8. The van der Waals surface area contributed by atoms with Crippen molar-refractivity contribution in [3.63, 3.8) is 0 Å². The number of terminal acetylenes is 1. The quantitative estimate of drug-likeness (QED) is 0.730. The molecule has 0 aliphatic carbocycles. The van der Waals surface area contributed by atoms with Crippen LogP contribution in [0.2, 0.25) is 0 Å². The monoisotopic (exact) mass is 352 g/mol. The summed E-state index contributed by atoms with van der Waals surface area (Å²) in [6, 6.07) is 8.62. The summed E-state index contributed by atoms with van der Waals surface area (Å²) in [5, 5.41) is 11.3. The van der Waals surface area contributed by atoms with Crippen molar-refractivity contribution < 1.29 is 4.79 Å². The van der Waals surface area contributed by atoms with E-state index in [1.807, 2.05) is 0 Å². The second kappa shape index (κ2) is 7.59. The van der Waals surface area contributed by atoms with E-state index in [2.05, 4.69) is 64.5 Å². The lowest BCUT2D eigenvalue weighted by atomic mass is 9.94. The number of benzene rings is 1. The number of carbonyl (C=O) groups excluding carboxylic acids is 1. The van der Waals surface area contributed by atoms with Crippen molar-refractivity contribution in [1.29, 1.82) is 0 Å². The van der Waals surface area contributed by atoms with Crippen molar-refractivity contribution in [2.45, 2.75) is 63.7 Å². The second-order valence-corrected chi connectivity index (χ2v) is 7.92. The third-order valence-corrected chi connectivity index (χ3v) is 5.51. The number of carbonyl (C=O) groups is 1. The molecule has 0 saturated heterocycles. The molecule has 0 spiro atoms. The highest BCUT2D eigenvalue weighted by Crippen LogP contribution is 2.37. The van der Waals surface area contributed by atoms with Gasteiger partial charge >= 0.3 is 0 Å². The van der Waals surface area contributed by atoms with Crippen LogP contribution < -0.4 is 5.32 Å². The van der Waals surface area contributed by atoms with Crippen LogP contribution in [0.15, 0.2) is 34.5 Å². The van der Waals surface area contributed by atoms with Gasteiger partial charge in [0.15, 0.2) is 5.66 Å². The van der Waals surface area contributed by atoms with Gasteiger partial charge in [0.2, 0.25) is 5.91 Å². The van der Waals surface area contributed by atoms with Gasteiger partial charge in [-0.1, -0.05) is 24.3 Å². The third-order valence-electron chi connectivity index (χ3n) is 5.51. The van der Waals surface area contributed by atoms with Crippen LogP contribution in [0.5, 0.6) is 0 Å². The first-order valence-corrected chi connectivity index (χ1v) is 9.40. The molecule has 1 amide bonds. The van der Waals surface area contributed by atoms with Crippen LogP contribution >= 0.6 is 0 Å². The Labute approximate surface area is 156 Å². The van der Waals surface area contributed by atoms with Crippen molar-refractivity contribution in [2.75, 3.05) is 13.1 Å². The zero-order valence-electron chi connectivity index (χ0n) is 15.8. The Morgan fingerprint density at radius 3 is 2.73 bits per heavy atom. The molecule has 1 aromatic rings. The zero-order chi connectivity index (χ0) is 18.6. The van der Waals surface area contributed by atoms with Gasteiger partial charge in [0.1, 0.15) is 0 Å². The maximum Gasteiger partial charge on any atom is 0.220 e. The zero-order valence-corrected chi connectivity index (χ0v) is 15.8. The lowest BCUT2D eigenvalue weighted by Gasteiger charge is -2.41. The fourth-order valence-electron chi connectivity index (χ4n) is 3.51. The van der Waals surface area contributed by atoms with E-state index in [0.717, 1.165) is 25.9 Å². The van der Waals surface area contributed by atoms with E-state index in [1.54, 1.807) is 0 Å². The first-order valence-electron chi connectivity index (χ1n) is 9.40. The van der Waals surface area contributed by atoms with Gasteiger partial charge in [0.05, 0.1) is 0 Å². The van der Waals surface area contributed by atoms with E-state index in [4.69, 9.17) is 6.42 Å². The molecule has 1 N–H and O–H groups in total. The summed E-state index contributed by atoms with van der Waals surface area (Å²) in [5.74, 6) is 2.68. The Bertz CT molecular complexity index is 726. The lowest BCUT2D eigenvalue weighted by molar-refractivity contribution is -0.122. The van der Waals surface area contributed by atoms with Crippen LogP contribution in [0.4, 0.5) is 0 Å². The fourth-order valence-corrected chi connectivity index (χ4v) is 3.51. The molecule has 3 rings (SSSR count). The molecular weight excluding hydrogens is 324 g/mol. The van der Waals surface area contributed by atoms with Crippen LogP contribution in [-0.4, -0.2) is 35.1 Å². The maximum atomic E-state index is 12.3. The summed E-state index contributed by atoms with van der Waals surface area (Å²) < 4.78 is 0. The van der Waals surface area contributed by atoms with Crippen molar-refractivity contribution in [3.05, 3.63) is 35.4 Å². The minimum atomic E-state index is -0.379. The van der Waals surface area contributed by atoms with E-state index in [0.29, 0.717) is 25.8 Å². The van der Waals surface area contributed by atoms with Crippen molar-refractivity contribution in [3.8, 4) is 12.3 Å². The topological polar surface area (TPSA) is 57.1 Å². The Hall–Kier alpha value is -2.19. The summed E-state index contributed by atoms with van der Waals surface area (Å²) in [7, 11) is 0. The van der Waals surface area contributed by atoms with E-state index >= 15 is 0 Å². The second-order valence-electron chi connectivity index (χ2n) is 7.92. The summed E-state index contributed by atoms with van der Waals surface area (Å²) in [6.45, 7) is 6.99. The van der Waals surface area contributed by atoms with Gasteiger partial charge in [-0.25, -0.2) is 0 Å². The summed E-state index contributed by atoms with van der Waals surface area (Å²) in [5.41, 5.74) is 2.37. The van der Waals surface area contributed by atoms with Crippen molar-refractivity contribution >= 4 is 5.91 Å².